The molecular formula is C22H23N3O3. The minimum Gasteiger partial charge on any atom is -0.504 e. The van der Waals surface area contributed by atoms with Gasteiger partial charge in [0.05, 0.1) is 18.5 Å². The van der Waals surface area contributed by atoms with E-state index in [2.05, 4.69) is 23.5 Å². The van der Waals surface area contributed by atoms with Crippen LogP contribution in [-0.4, -0.2) is 27.9 Å². The molecule has 0 saturated heterocycles. The Balaban J connectivity index is 1.88. The van der Waals surface area contributed by atoms with Crippen molar-refractivity contribution < 1.29 is 14.6 Å². The summed E-state index contributed by atoms with van der Waals surface area (Å²) < 4.78 is 7.06. The number of hydrogen-bond donors (Lipinski definition) is 2. The Labute approximate surface area is 163 Å². The predicted octanol–water partition coefficient (Wildman–Crippen LogP) is 3.99. The number of phenolic OH excluding ortho intramolecular Hbond substituents is 1. The van der Waals surface area contributed by atoms with Crippen LogP contribution in [0.3, 0.4) is 0 Å². The van der Waals surface area contributed by atoms with Gasteiger partial charge in [-0.2, -0.15) is 5.10 Å². The molecule has 144 valence electrons. The first-order chi connectivity index (χ1) is 13.4. The number of carbonyl (C=O) groups excluding carboxylic acids is 1. The van der Waals surface area contributed by atoms with Gasteiger partial charge in [0.2, 0.25) is 5.91 Å². The molecule has 28 heavy (non-hydrogen) atoms. The van der Waals surface area contributed by atoms with Crippen LogP contribution >= 0.6 is 0 Å². The van der Waals surface area contributed by atoms with E-state index in [1.165, 1.54) is 7.11 Å². The molecule has 6 nitrogen and oxygen atoms in total. The molecule has 6 heteroatoms. The van der Waals surface area contributed by atoms with Crippen molar-refractivity contribution in [3.8, 4) is 17.2 Å². The van der Waals surface area contributed by atoms with Gasteiger partial charge in [-0.05, 0) is 61.7 Å². The number of phenols is 1. The van der Waals surface area contributed by atoms with Gasteiger partial charge in [-0.3, -0.25) is 4.79 Å². The lowest BCUT2D eigenvalue weighted by Gasteiger charge is -2.25. The van der Waals surface area contributed by atoms with Crippen molar-refractivity contribution in [3.05, 3.63) is 64.3 Å². The van der Waals surface area contributed by atoms with E-state index in [1.54, 1.807) is 12.1 Å². The molecule has 2 aromatic carbocycles. The number of aromatic nitrogens is 2. The zero-order valence-corrected chi connectivity index (χ0v) is 16.4. The second-order valence-corrected chi connectivity index (χ2v) is 7.34. The van der Waals surface area contributed by atoms with E-state index >= 15 is 0 Å². The standard InChI is InChI=1S/C22H23N3O3/c1-12-7-13(2)9-16(8-12)25-22-21(14(3)24-25)17(11-20(27)23-22)15-5-6-18(26)19(10-15)28-4/h5-10,17,26H,11H2,1-4H3,(H,23,27)/t17-/m1/s1. The van der Waals surface area contributed by atoms with Crippen LogP contribution in [0.5, 0.6) is 11.5 Å². The SMILES string of the molecule is COc1cc([C@H]2CC(=O)Nc3c2c(C)nn3-c2cc(C)cc(C)c2)ccc1O. The molecule has 3 aromatic rings. The van der Waals surface area contributed by atoms with Crippen LogP contribution in [0.15, 0.2) is 36.4 Å². The summed E-state index contributed by atoms with van der Waals surface area (Å²) in [6, 6.07) is 11.4. The molecule has 1 aliphatic rings. The third kappa shape index (κ3) is 3.01. The Kier molecular flexibility index (Phi) is 4.34. The predicted molar refractivity (Wildman–Crippen MR) is 108 cm³/mol. The molecule has 2 heterocycles. The number of fused-ring (bicyclic) bond motifs is 1. The van der Waals surface area contributed by atoms with Crippen molar-refractivity contribution in [2.24, 2.45) is 0 Å². The number of benzene rings is 2. The number of aryl methyl sites for hydroxylation is 3. The Morgan fingerprint density at radius 2 is 1.86 bits per heavy atom. The number of nitrogens with one attached hydrogen (secondary N) is 1. The summed E-state index contributed by atoms with van der Waals surface area (Å²) in [6.07, 6.45) is 0.320. The van der Waals surface area contributed by atoms with E-state index in [9.17, 15) is 9.90 Å². The maximum Gasteiger partial charge on any atom is 0.226 e. The van der Waals surface area contributed by atoms with Gasteiger partial charge in [0, 0.05) is 17.9 Å². The van der Waals surface area contributed by atoms with E-state index in [0.717, 1.165) is 33.6 Å². The van der Waals surface area contributed by atoms with Crippen LogP contribution in [0.1, 0.15) is 40.3 Å². The van der Waals surface area contributed by atoms with Gasteiger partial charge >= 0.3 is 0 Å². The fourth-order valence-corrected chi connectivity index (χ4v) is 4.00. The van der Waals surface area contributed by atoms with E-state index < -0.39 is 0 Å². The Hall–Kier alpha value is -3.28. The minimum atomic E-state index is -0.155. The summed E-state index contributed by atoms with van der Waals surface area (Å²) in [5, 5.41) is 17.7. The Bertz CT molecular complexity index is 1060. The molecule has 1 aromatic heterocycles. The number of ether oxygens (including phenoxy) is 1. The van der Waals surface area contributed by atoms with Crippen LogP contribution in [0.25, 0.3) is 5.69 Å². The molecule has 0 bridgehead atoms. The second-order valence-electron chi connectivity index (χ2n) is 7.34. The molecule has 0 aliphatic carbocycles. The lowest BCUT2D eigenvalue weighted by atomic mass is 9.85. The highest BCUT2D eigenvalue weighted by molar-refractivity contribution is 5.95. The molecule has 1 aliphatic heterocycles. The van der Waals surface area contributed by atoms with Gasteiger partial charge in [-0.1, -0.05) is 12.1 Å². The normalized spacial score (nSPS) is 15.9. The summed E-state index contributed by atoms with van der Waals surface area (Å²) in [4.78, 5) is 12.5. The van der Waals surface area contributed by atoms with Gasteiger partial charge in [-0.15, -0.1) is 0 Å². The van der Waals surface area contributed by atoms with Crippen LogP contribution in [-0.2, 0) is 4.79 Å². The van der Waals surface area contributed by atoms with Crippen molar-refractivity contribution in [2.45, 2.75) is 33.1 Å². The van der Waals surface area contributed by atoms with Gasteiger partial charge in [0.25, 0.3) is 0 Å². The number of nitrogens with zero attached hydrogens (tertiary/aromatic N) is 2. The number of methoxy groups -OCH3 is 1. The monoisotopic (exact) mass is 377 g/mol. The maximum atomic E-state index is 12.5. The summed E-state index contributed by atoms with van der Waals surface area (Å²) >= 11 is 0. The number of amides is 1. The molecule has 0 spiro atoms. The van der Waals surface area contributed by atoms with Crippen LogP contribution in [0, 0.1) is 20.8 Å². The lowest BCUT2D eigenvalue weighted by molar-refractivity contribution is -0.116. The molecule has 0 unspecified atom stereocenters. The molecule has 4 rings (SSSR count). The third-order valence-corrected chi connectivity index (χ3v) is 5.16. The highest BCUT2D eigenvalue weighted by Gasteiger charge is 2.33. The van der Waals surface area contributed by atoms with E-state index in [0.29, 0.717) is 18.0 Å². The van der Waals surface area contributed by atoms with Gasteiger partial charge < -0.3 is 15.2 Å². The maximum absolute atomic E-state index is 12.5. The first-order valence-corrected chi connectivity index (χ1v) is 9.22. The second kappa shape index (κ2) is 6.71. The van der Waals surface area contributed by atoms with E-state index in [-0.39, 0.29) is 17.6 Å². The summed E-state index contributed by atoms with van der Waals surface area (Å²) in [5.74, 6) is 0.961. The zero-order chi connectivity index (χ0) is 20.0. The highest BCUT2D eigenvalue weighted by atomic mass is 16.5. The third-order valence-electron chi connectivity index (χ3n) is 5.16. The summed E-state index contributed by atoms with van der Waals surface area (Å²) in [5.41, 5.74) is 5.97. The lowest BCUT2D eigenvalue weighted by Crippen LogP contribution is -2.25. The van der Waals surface area contributed by atoms with E-state index in [4.69, 9.17) is 9.84 Å². The highest BCUT2D eigenvalue weighted by Crippen LogP contribution is 2.42. The van der Waals surface area contributed by atoms with E-state index in [1.807, 2.05) is 31.5 Å². The summed E-state index contributed by atoms with van der Waals surface area (Å²) in [6.45, 7) is 6.05. The number of aromatic hydroxyl groups is 1. The smallest absolute Gasteiger partial charge is 0.226 e. The molecule has 1 atom stereocenters. The number of carbonyl (C=O) groups is 1. The Morgan fingerprint density at radius 1 is 1.14 bits per heavy atom. The number of rotatable bonds is 3. The largest absolute Gasteiger partial charge is 0.504 e. The topological polar surface area (TPSA) is 76.4 Å². The molecule has 2 N–H and O–H groups in total. The fraction of sp³-hybridized carbons (Fsp3) is 0.273. The average Bonchev–Trinajstić information content (AvgIpc) is 2.97. The van der Waals surface area contributed by atoms with Crippen molar-refractivity contribution >= 4 is 11.7 Å². The molecular weight excluding hydrogens is 354 g/mol. The molecule has 0 radical (unpaired) electrons. The number of anilines is 1. The quantitative estimate of drug-likeness (QED) is 0.724. The summed E-state index contributed by atoms with van der Waals surface area (Å²) in [7, 11) is 1.52. The van der Waals surface area contributed by atoms with Crippen LogP contribution in [0.2, 0.25) is 0 Å². The molecule has 0 saturated carbocycles. The first-order valence-electron chi connectivity index (χ1n) is 9.22. The van der Waals surface area contributed by atoms with Gasteiger partial charge in [0.15, 0.2) is 11.5 Å². The first kappa shape index (κ1) is 18.1. The van der Waals surface area contributed by atoms with Crippen molar-refractivity contribution in [1.82, 2.24) is 9.78 Å². The van der Waals surface area contributed by atoms with Crippen LogP contribution in [0.4, 0.5) is 5.82 Å². The zero-order valence-electron chi connectivity index (χ0n) is 16.4. The van der Waals surface area contributed by atoms with Gasteiger partial charge in [-0.25, -0.2) is 4.68 Å². The minimum absolute atomic E-state index is 0.0601. The van der Waals surface area contributed by atoms with Crippen molar-refractivity contribution in [3.63, 3.8) is 0 Å². The van der Waals surface area contributed by atoms with Crippen molar-refractivity contribution in [2.75, 3.05) is 12.4 Å². The number of hydrogen-bond acceptors (Lipinski definition) is 4. The van der Waals surface area contributed by atoms with Crippen LogP contribution < -0.4 is 10.1 Å². The molecule has 1 amide bonds. The van der Waals surface area contributed by atoms with Gasteiger partial charge in [0.1, 0.15) is 5.82 Å². The van der Waals surface area contributed by atoms with Crippen molar-refractivity contribution in [1.29, 1.82) is 0 Å². The Morgan fingerprint density at radius 3 is 2.54 bits per heavy atom. The fourth-order valence-electron chi connectivity index (χ4n) is 4.00. The molecule has 0 fully saturated rings. The average molecular weight is 377 g/mol.